The van der Waals surface area contributed by atoms with Crippen LogP contribution in [0.3, 0.4) is 0 Å². The van der Waals surface area contributed by atoms with Crippen LogP contribution < -0.4 is 5.73 Å². The van der Waals surface area contributed by atoms with Gasteiger partial charge >= 0.3 is 0 Å². The van der Waals surface area contributed by atoms with Gasteiger partial charge in [-0.2, -0.15) is 0 Å². The first-order valence-corrected chi connectivity index (χ1v) is 7.94. The fraction of sp³-hybridized carbons (Fsp3) is 0.471. The molecule has 7 heteroatoms. The van der Waals surface area contributed by atoms with Crippen LogP contribution in [0.4, 0.5) is 4.39 Å². The van der Waals surface area contributed by atoms with Crippen LogP contribution in [0.1, 0.15) is 18.9 Å². The van der Waals surface area contributed by atoms with E-state index in [1.807, 2.05) is 0 Å². The molecule has 0 radical (unpaired) electrons. The number of nitrogens with zero attached hydrogens (tertiary/aromatic N) is 2. The molecule has 6 nitrogen and oxygen atoms in total. The molecule has 0 spiro atoms. The minimum Gasteiger partial charge on any atom is -0.369 e. The third-order valence-corrected chi connectivity index (χ3v) is 4.29. The highest BCUT2D eigenvalue weighted by atomic mass is 19.1. The molecule has 1 heterocycles. The lowest BCUT2D eigenvalue weighted by atomic mass is 10.1. The van der Waals surface area contributed by atoms with Crippen molar-refractivity contribution < 1.29 is 18.8 Å². The highest BCUT2D eigenvalue weighted by Crippen LogP contribution is 2.14. The predicted octanol–water partition coefficient (Wildman–Crippen LogP) is 0.551. The molecule has 130 valence electrons. The van der Waals surface area contributed by atoms with Gasteiger partial charge in [-0.25, -0.2) is 4.39 Å². The summed E-state index contributed by atoms with van der Waals surface area (Å²) in [7, 11) is 0. The van der Waals surface area contributed by atoms with E-state index in [9.17, 15) is 18.8 Å². The molecular weight excluding hydrogens is 313 g/mol. The molecule has 0 aromatic heterocycles. The third-order valence-electron chi connectivity index (χ3n) is 4.29. The Morgan fingerprint density at radius 2 is 1.79 bits per heavy atom. The van der Waals surface area contributed by atoms with Gasteiger partial charge in [0.05, 0.1) is 5.92 Å². The first kappa shape index (κ1) is 17.9. The van der Waals surface area contributed by atoms with E-state index in [2.05, 4.69) is 0 Å². The number of amides is 3. The van der Waals surface area contributed by atoms with Gasteiger partial charge in [-0.15, -0.1) is 0 Å². The van der Waals surface area contributed by atoms with E-state index in [-0.39, 0.29) is 37.1 Å². The van der Waals surface area contributed by atoms with Crippen LogP contribution in [0.25, 0.3) is 0 Å². The van der Waals surface area contributed by atoms with Gasteiger partial charge in [-0.05, 0) is 18.1 Å². The molecule has 1 aliphatic rings. The number of benzene rings is 1. The molecule has 2 rings (SSSR count). The van der Waals surface area contributed by atoms with Crippen LogP contribution in [0.5, 0.6) is 0 Å². The molecule has 0 bridgehead atoms. The lowest BCUT2D eigenvalue weighted by Gasteiger charge is -2.22. The summed E-state index contributed by atoms with van der Waals surface area (Å²) in [6.07, 6.45) is 0.437. The maximum Gasteiger partial charge on any atom is 0.224 e. The molecule has 0 saturated carbocycles. The zero-order valence-corrected chi connectivity index (χ0v) is 13.7. The fourth-order valence-corrected chi connectivity index (χ4v) is 2.81. The average molecular weight is 335 g/mol. The first-order chi connectivity index (χ1) is 11.4. The Labute approximate surface area is 140 Å². The van der Waals surface area contributed by atoms with Crippen molar-refractivity contribution in [3.05, 3.63) is 35.6 Å². The van der Waals surface area contributed by atoms with Crippen molar-refractivity contribution in [3.63, 3.8) is 0 Å². The van der Waals surface area contributed by atoms with Gasteiger partial charge in [0, 0.05) is 39.5 Å². The van der Waals surface area contributed by atoms with Crippen LogP contribution in [0.2, 0.25) is 0 Å². The van der Waals surface area contributed by atoms with Gasteiger partial charge < -0.3 is 15.5 Å². The summed E-state index contributed by atoms with van der Waals surface area (Å²) in [5.41, 5.74) is 5.87. The molecule has 1 fully saturated rings. The average Bonchev–Trinajstić information content (AvgIpc) is 2.77. The monoisotopic (exact) mass is 335 g/mol. The second-order valence-corrected chi connectivity index (χ2v) is 6.00. The first-order valence-electron chi connectivity index (χ1n) is 7.94. The molecule has 2 N–H and O–H groups in total. The number of hydrogen-bond donors (Lipinski definition) is 1. The van der Waals surface area contributed by atoms with Gasteiger partial charge in [-0.3, -0.25) is 14.4 Å². The molecule has 24 heavy (non-hydrogen) atoms. The Bertz CT molecular complexity index is 635. The SMILES string of the molecule is CC(=O)N1CCN(C(=O)CCc2ccccc2F)C[C@@H](C(N)=O)C1. The molecule has 1 saturated heterocycles. The number of primary amides is 1. The molecule has 3 amide bonds. The third kappa shape index (κ3) is 4.53. The van der Waals surface area contributed by atoms with Crippen molar-refractivity contribution in [2.75, 3.05) is 26.2 Å². The second-order valence-electron chi connectivity index (χ2n) is 6.00. The quantitative estimate of drug-likeness (QED) is 0.872. The van der Waals surface area contributed by atoms with E-state index >= 15 is 0 Å². The lowest BCUT2D eigenvalue weighted by molar-refractivity contribution is -0.132. The summed E-state index contributed by atoms with van der Waals surface area (Å²) in [5.74, 6) is -1.78. The molecule has 0 unspecified atom stereocenters. The van der Waals surface area contributed by atoms with Crippen LogP contribution in [0.15, 0.2) is 24.3 Å². The standard InChI is InChI=1S/C17H22FN3O3/c1-12(22)20-8-9-21(11-14(10-20)17(19)24)16(23)7-6-13-4-2-3-5-15(13)18/h2-5,14H,6-11H2,1H3,(H2,19,24)/t14-/m0/s1. The maximum absolute atomic E-state index is 13.6. The van der Waals surface area contributed by atoms with E-state index in [4.69, 9.17) is 5.73 Å². The summed E-state index contributed by atoms with van der Waals surface area (Å²) < 4.78 is 13.6. The topological polar surface area (TPSA) is 83.7 Å². The zero-order valence-electron chi connectivity index (χ0n) is 13.7. The number of rotatable bonds is 4. The van der Waals surface area contributed by atoms with Crippen molar-refractivity contribution in [3.8, 4) is 0 Å². The predicted molar refractivity (Wildman–Crippen MR) is 86.2 cm³/mol. The van der Waals surface area contributed by atoms with Crippen LogP contribution in [0, 0.1) is 11.7 Å². The van der Waals surface area contributed by atoms with Gasteiger partial charge in [-0.1, -0.05) is 18.2 Å². The second kappa shape index (κ2) is 7.90. The number of nitrogens with two attached hydrogens (primary N) is 1. The summed E-state index contributed by atoms with van der Waals surface area (Å²) in [6.45, 7) is 2.55. The number of halogens is 1. The minimum absolute atomic E-state index is 0.145. The minimum atomic E-state index is -0.589. The van der Waals surface area contributed by atoms with Crippen molar-refractivity contribution in [2.45, 2.75) is 19.8 Å². The van der Waals surface area contributed by atoms with Gasteiger partial charge in [0.1, 0.15) is 5.82 Å². The van der Waals surface area contributed by atoms with E-state index in [1.54, 1.807) is 23.1 Å². The van der Waals surface area contributed by atoms with Crippen molar-refractivity contribution >= 4 is 17.7 Å². The van der Waals surface area contributed by atoms with E-state index in [0.717, 1.165) is 0 Å². The normalized spacial score (nSPS) is 18.2. The molecular formula is C17H22FN3O3. The molecule has 0 aliphatic carbocycles. The smallest absolute Gasteiger partial charge is 0.224 e. The fourth-order valence-electron chi connectivity index (χ4n) is 2.81. The molecule has 1 aliphatic heterocycles. The number of carbonyl (C=O) groups is 3. The van der Waals surface area contributed by atoms with Crippen molar-refractivity contribution in [1.29, 1.82) is 0 Å². The molecule has 1 atom stereocenters. The summed E-state index contributed by atoms with van der Waals surface area (Å²) in [6, 6.07) is 6.33. The van der Waals surface area contributed by atoms with Crippen molar-refractivity contribution in [2.24, 2.45) is 11.7 Å². The number of carbonyl (C=O) groups excluding carboxylic acids is 3. The molecule has 1 aromatic rings. The maximum atomic E-state index is 13.6. The van der Waals surface area contributed by atoms with E-state index in [0.29, 0.717) is 25.1 Å². The van der Waals surface area contributed by atoms with E-state index < -0.39 is 11.8 Å². The van der Waals surface area contributed by atoms with Crippen LogP contribution in [-0.4, -0.2) is 53.7 Å². The Morgan fingerprint density at radius 3 is 2.42 bits per heavy atom. The van der Waals surface area contributed by atoms with Crippen LogP contribution >= 0.6 is 0 Å². The number of aryl methyl sites for hydroxylation is 1. The summed E-state index contributed by atoms with van der Waals surface area (Å²) >= 11 is 0. The highest BCUT2D eigenvalue weighted by Gasteiger charge is 2.29. The summed E-state index contributed by atoms with van der Waals surface area (Å²) in [4.78, 5) is 38.6. The van der Waals surface area contributed by atoms with Crippen LogP contribution in [-0.2, 0) is 20.8 Å². The molecule has 1 aromatic carbocycles. The number of hydrogen-bond acceptors (Lipinski definition) is 3. The van der Waals surface area contributed by atoms with Gasteiger partial charge in [0.25, 0.3) is 0 Å². The Balaban J connectivity index is 2.01. The van der Waals surface area contributed by atoms with E-state index in [1.165, 1.54) is 17.9 Å². The highest BCUT2D eigenvalue weighted by molar-refractivity contribution is 5.81. The van der Waals surface area contributed by atoms with Crippen molar-refractivity contribution in [1.82, 2.24) is 9.80 Å². The van der Waals surface area contributed by atoms with Gasteiger partial charge in [0.15, 0.2) is 0 Å². The lowest BCUT2D eigenvalue weighted by Crippen LogP contribution is -2.41. The Kier molecular flexibility index (Phi) is 5.89. The Morgan fingerprint density at radius 1 is 1.17 bits per heavy atom. The summed E-state index contributed by atoms with van der Waals surface area (Å²) in [5, 5.41) is 0. The zero-order chi connectivity index (χ0) is 17.7. The van der Waals surface area contributed by atoms with Gasteiger partial charge in [0.2, 0.25) is 17.7 Å². The largest absolute Gasteiger partial charge is 0.369 e. The Hall–Kier alpha value is -2.44.